The molecule has 2 rings (SSSR count). The topological polar surface area (TPSA) is 20.3 Å². The van der Waals surface area contributed by atoms with Gasteiger partial charge >= 0.3 is 0 Å². The van der Waals surface area contributed by atoms with Crippen molar-refractivity contribution < 1.29 is 4.79 Å². The molecular formula is C15H20ClNO. The Bertz CT molecular complexity index is 432. The molecule has 0 bridgehead atoms. The zero-order chi connectivity index (χ0) is 13.1. The lowest BCUT2D eigenvalue weighted by molar-refractivity contribution is 0.0629. The summed E-state index contributed by atoms with van der Waals surface area (Å²) in [5, 5.41) is 0.540. The Balaban J connectivity index is 2.16. The Kier molecular flexibility index (Phi) is 4.28. The van der Waals surface area contributed by atoms with Gasteiger partial charge in [-0.25, -0.2) is 0 Å². The van der Waals surface area contributed by atoms with Crippen molar-refractivity contribution in [1.29, 1.82) is 0 Å². The summed E-state index contributed by atoms with van der Waals surface area (Å²) in [6, 6.07) is 7.63. The van der Waals surface area contributed by atoms with E-state index in [2.05, 4.69) is 6.92 Å². The van der Waals surface area contributed by atoms with Crippen LogP contribution in [0.1, 0.15) is 43.0 Å². The second-order valence-corrected chi connectivity index (χ2v) is 5.63. The van der Waals surface area contributed by atoms with Gasteiger partial charge in [0.05, 0.1) is 10.6 Å². The molecule has 1 saturated carbocycles. The minimum atomic E-state index is 0.0411. The van der Waals surface area contributed by atoms with Gasteiger partial charge in [-0.15, -0.1) is 0 Å². The first-order valence-corrected chi connectivity index (χ1v) is 7.00. The van der Waals surface area contributed by atoms with Gasteiger partial charge in [-0.05, 0) is 30.9 Å². The smallest absolute Gasteiger partial charge is 0.255 e. The van der Waals surface area contributed by atoms with Crippen LogP contribution >= 0.6 is 11.6 Å². The van der Waals surface area contributed by atoms with Crippen LogP contribution in [-0.2, 0) is 0 Å². The molecular weight excluding hydrogens is 246 g/mol. The van der Waals surface area contributed by atoms with Gasteiger partial charge in [-0.2, -0.15) is 0 Å². The number of halogens is 1. The van der Waals surface area contributed by atoms with Gasteiger partial charge in [0.15, 0.2) is 0 Å². The molecule has 2 unspecified atom stereocenters. The predicted molar refractivity (Wildman–Crippen MR) is 75.0 cm³/mol. The summed E-state index contributed by atoms with van der Waals surface area (Å²) in [6.45, 7) is 2.24. The largest absolute Gasteiger partial charge is 0.338 e. The number of rotatable bonds is 2. The van der Waals surface area contributed by atoms with Gasteiger partial charge in [-0.3, -0.25) is 4.79 Å². The number of hydrogen-bond donors (Lipinski definition) is 0. The summed E-state index contributed by atoms with van der Waals surface area (Å²) in [7, 11) is 1.90. The molecule has 3 heteroatoms. The summed E-state index contributed by atoms with van der Waals surface area (Å²) >= 11 is 6.09. The van der Waals surface area contributed by atoms with Crippen molar-refractivity contribution in [2.75, 3.05) is 7.05 Å². The van der Waals surface area contributed by atoms with Crippen molar-refractivity contribution >= 4 is 17.5 Å². The van der Waals surface area contributed by atoms with E-state index in [-0.39, 0.29) is 5.91 Å². The SMILES string of the molecule is CC1CCCCC1N(C)C(=O)c1ccccc1Cl. The Hall–Kier alpha value is -1.02. The highest BCUT2D eigenvalue weighted by molar-refractivity contribution is 6.33. The van der Waals surface area contributed by atoms with E-state index in [4.69, 9.17) is 11.6 Å². The van der Waals surface area contributed by atoms with E-state index in [0.29, 0.717) is 22.5 Å². The molecule has 1 aliphatic rings. The van der Waals surface area contributed by atoms with E-state index in [9.17, 15) is 4.79 Å². The predicted octanol–water partition coefficient (Wildman–Crippen LogP) is 3.99. The standard InChI is InChI=1S/C15H20ClNO/c1-11-7-3-6-10-14(11)17(2)15(18)12-8-4-5-9-13(12)16/h4-5,8-9,11,14H,3,6-7,10H2,1-2H3. The summed E-state index contributed by atoms with van der Waals surface area (Å²) in [4.78, 5) is 14.3. The summed E-state index contributed by atoms with van der Waals surface area (Å²) < 4.78 is 0. The summed E-state index contributed by atoms with van der Waals surface area (Å²) in [6.07, 6.45) is 4.82. The Morgan fingerprint density at radius 3 is 2.61 bits per heavy atom. The van der Waals surface area contributed by atoms with Crippen LogP contribution < -0.4 is 0 Å². The molecule has 2 atom stereocenters. The second-order valence-electron chi connectivity index (χ2n) is 5.22. The van der Waals surface area contributed by atoms with Crippen LogP contribution in [0.3, 0.4) is 0 Å². The number of nitrogens with zero attached hydrogens (tertiary/aromatic N) is 1. The molecule has 1 aromatic rings. The molecule has 0 N–H and O–H groups in total. The van der Waals surface area contributed by atoms with Crippen LogP contribution in [0.5, 0.6) is 0 Å². The molecule has 0 saturated heterocycles. The molecule has 0 aromatic heterocycles. The molecule has 98 valence electrons. The van der Waals surface area contributed by atoms with Crippen molar-refractivity contribution in [3.8, 4) is 0 Å². The highest BCUT2D eigenvalue weighted by Crippen LogP contribution is 2.29. The van der Waals surface area contributed by atoms with E-state index in [1.165, 1.54) is 19.3 Å². The molecule has 0 heterocycles. The van der Waals surface area contributed by atoms with Crippen molar-refractivity contribution in [1.82, 2.24) is 4.90 Å². The number of carbonyl (C=O) groups is 1. The number of carbonyl (C=O) groups excluding carboxylic acids is 1. The van der Waals surface area contributed by atoms with E-state index in [1.54, 1.807) is 12.1 Å². The molecule has 0 aliphatic heterocycles. The van der Waals surface area contributed by atoms with Gasteiger partial charge in [0.1, 0.15) is 0 Å². The first-order valence-electron chi connectivity index (χ1n) is 6.63. The first-order chi connectivity index (χ1) is 8.61. The Labute approximate surface area is 114 Å². The summed E-state index contributed by atoms with van der Waals surface area (Å²) in [5.74, 6) is 0.620. The lowest BCUT2D eigenvalue weighted by atomic mass is 9.85. The molecule has 0 radical (unpaired) electrons. The minimum absolute atomic E-state index is 0.0411. The van der Waals surface area contributed by atoms with E-state index in [1.807, 2.05) is 24.1 Å². The third-order valence-corrected chi connectivity index (χ3v) is 4.32. The monoisotopic (exact) mass is 265 g/mol. The quantitative estimate of drug-likeness (QED) is 0.792. The van der Waals surface area contributed by atoms with Crippen molar-refractivity contribution in [3.63, 3.8) is 0 Å². The second kappa shape index (κ2) is 5.75. The zero-order valence-corrected chi connectivity index (χ0v) is 11.8. The third-order valence-electron chi connectivity index (χ3n) is 3.99. The normalized spacial score (nSPS) is 23.7. The maximum Gasteiger partial charge on any atom is 0.255 e. The summed E-state index contributed by atoms with van der Waals surface area (Å²) in [5.41, 5.74) is 0.611. The van der Waals surface area contributed by atoms with Crippen LogP contribution in [0.25, 0.3) is 0 Å². The average molecular weight is 266 g/mol. The third kappa shape index (κ3) is 2.69. The molecule has 1 aromatic carbocycles. The lowest BCUT2D eigenvalue weighted by Crippen LogP contribution is -2.42. The molecule has 18 heavy (non-hydrogen) atoms. The lowest BCUT2D eigenvalue weighted by Gasteiger charge is -2.36. The average Bonchev–Trinajstić information content (AvgIpc) is 2.38. The van der Waals surface area contributed by atoms with Gasteiger partial charge in [0, 0.05) is 13.1 Å². The molecule has 2 nitrogen and oxygen atoms in total. The Morgan fingerprint density at radius 2 is 1.94 bits per heavy atom. The van der Waals surface area contributed by atoms with Gasteiger partial charge in [0.2, 0.25) is 0 Å². The maximum atomic E-state index is 12.5. The highest BCUT2D eigenvalue weighted by atomic mass is 35.5. The fraction of sp³-hybridized carbons (Fsp3) is 0.533. The van der Waals surface area contributed by atoms with Gasteiger partial charge in [-0.1, -0.05) is 43.5 Å². The minimum Gasteiger partial charge on any atom is -0.338 e. The van der Waals surface area contributed by atoms with Crippen molar-refractivity contribution in [3.05, 3.63) is 34.9 Å². The number of benzene rings is 1. The Morgan fingerprint density at radius 1 is 1.28 bits per heavy atom. The van der Waals surface area contributed by atoms with Crippen LogP contribution in [0.15, 0.2) is 24.3 Å². The fourth-order valence-electron chi connectivity index (χ4n) is 2.85. The molecule has 1 aliphatic carbocycles. The molecule has 1 amide bonds. The van der Waals surface area contributed by atoms with Crippen LogP contribution in [-0.4, -0.2) is 23.9 Å². The molecule has 0 spiro atoms. The zero-order valence-electron chi connectivity index (χ0n) is 11.0. The van der Waals surface area contributed by atoms with Gasteiger partial charge < -0.3 is 4.90 Å². The van der Waals surface area contributed by atoms with Crippen LogP contribution in [0.2, 0.25) is 5.02 Å². The van der Waals surface area contributed by atoms with E-state index < -0.39 is 0 Å². The van der Waals surface area contributed by atoms with E-state index >= 15 is 0 Å². The van der Waals surface area contributed by atoms with Gasteiger partial charge in [0.25, 0.3) is 5.91 Å². The first kappa shape index (κ1) is 13.4. The van der Waals surface area contributed by atoms with Crippen LogP contribution in [0, 0.1) is 5.92 Å². The number of amides is 1. The van der Waals surface area contributed by atoms with Crippen molar-refractivity contribution in [2.24, 2.45) is 5.92 Å². The maximum absolute atomic E-state index is 12.5. The van der Waals surface area contributed by atoms with Crippen molar-refractivity contribution in [2.45, 2.75) is 38.6 Å². The number of hydrogen-bond acceptors (Lipinski definition) is 1. The highest BCUT2D eigenvalue weighted by Gasteiger charge is 2.28. The van der Waals surface area contributed by atoms with Crippen LogP contribution in [0.4, 0.5) is 0 Å². The molecule has 1 fully saturated rings. The fourth-order valence-corrected chi connectivity index (χ4v) is 3.06. The van der Waals surface area contributed by atoms with E-state index in [0.717, 1.165) is 6.42 Å².